The van der Waals surface area contributed by atoms with E-state index in [-0.39, 0.29) is 11.6 Å². The fraction of sp³-hybridized carbons (Fsp3) is 0.333. The van der Waals surface area contributed by atoms with Gasteiger partial charge in [-0.25, -0.2) is 4.79 Å². The lowest BCUT2D eigenvalue weighted by atomic mass is 10.0. The Morgan fingerprint density at radius 1 is 1.13 bits per heavy atom. The van der Waals surface area contributed by atoms with Crippen molar-refractivity contribution in [2.45, 2.75) is 38.5 Å². The molecule has 0 bridgehead atoms. The van der Waals surface area contributed by atoms with Gasteiger partial charge in [0.25, 0.3) is 0 Å². The van der Waals surface area contributed by atoms with Crippen LogP contribution in [-0.2, 0) is 9.59 Å². The predicted octanol–water partition coefficient (Wildman–Crippen LogP) is 5.65. The number of benzene rings is 2. The van der Waals surface area contributed by atoms with Gasteiger partial charge in [0.2, 0.25) is 5.91 Å². The van der Waals surface area contributed by atoms with Gasteiger partial charge in [-0.15, -0.1) is 0 Å². The molecule has 1 saturated carbocycles. The van der Waals surface area contributed by atoms with E-state index < -0.39 is 5.97 Å². The lowest BCUT2D eigenvalue weighted by molar-refractivity contribution is -0.134. The molecule has 1 fully saturated rings. The van der Waals surface area contributed by atoms with E-state index in [1.54, 1.807) is 49.6 Å². The molecule has 6 nitrogen and oxygen atoms in total. The highest BCUT2D eigenvalue weighted by molar-refractivity contribution is 6.32. The second kappa shape index (κ2) is 10.9. The molecule has 0 atom stereocenters. The van der Waals surface area contributed by atoms with Gasteiger partial charge in [-0.2, -0.15) is 0 Å². The van der Waals surface area contributed by atoms with Crippen LogP contribution in [0.3, 0.4) is 0 Å². The first-order valence-corrected chi connectivity index (χ1v) is 10.7. The molecule has 164 valence electrons. The van der Waals surface area contributed by atoms with Crippen LogP contribution < -0.4 is 14.8 Å². The van der Waals surface area contributed by atoms with Crippen LogP contribution in [0.2, 0.25) is 5.02 Å². The minimum Gasteiger partial charge on any atom is -0.497 e. The Morgan fingerprint density at radius 3 is 2.42 bits per heavy atom. The molecule has 0 unspecified atom stereocenters. The van der Waals surface area contributed by atoms with Crippen LogP contribution in [-0.4, -0.2) is 24.1 Å². The average molecular weight is 444 g/mol. The first kappa shape index (κ1) is 22.7. The predicted molar refractivity (Wildman–Crippen MR) is 119 cm³/mol. The van der Waals surface area contributed by atoms with Gasteiger partial charge < -0.3 is 19.9 Å². The minimum atomic E-state index is -1.18. The molecule has 2 N–H and O–H groups in total. The zero-order valence-electron chi connectivity index (χ0n) is 17.4. The van der Waals surface area contributed by atoms with Crippen molar-refractivity contribution in [2.24, 2.45) is 5.92 Å². The van der Waals surface area contributed by atoms with Crippen molar-refractivity contribution < 1.29 is 24.2 Å². The third-order valence-electron chi connectivity index (χ3n) is 5.32. The molecule has 0 heterocycles. The van der Waals surface area contributed by atoms with Crippen molar-refractivity contribution in [3.05, 3.63) is 58.7 Å². The summed E-state index contributed by atoms with van der Waals surface area (Å²) in [4.78, 5) is 23.7. The van der Waals surface area contributed by atoms with Crippen molar-refractivity contribution in [3.63, 3.8) is 0 Å². The van der Waals surface area contributed by atoms with E-state index in [1.165, 1.54) is 18.9 Å². The Balaban J connectivity index is 1.62. The van der Waals surface area contributed by atoms with Crippen LogP contribution in [0, 0.1) is 5.92 Å². The number of methoxy groups -OCH3 is 1. The summed E-state index contributed by atoms with van der Waals surface area (Å²) in [6, 6.07) is 11.9. The van der Waals surface area contributed by atoms with Gasteiger partial charge >= 0.3 is 5.97 Å². The summed E-state index contributed by atoms with van der Waals surface area (Å²) in [6.45, 7) is 0. The molecular weight excluding hydrogens is 418 g/mol. The molecule has 0 aromatic heterocycles. The highest BCUT2D eigenvalue weighted by Gasteiger charge is 2.18. The molecule has 7 heteroatoms. The van der Waals surface area contributed by atoms with Crippen molar-refractivity contribution in [1.29, 1.82) is 0 Å². The molecular formula is C24H26ClNO5. The zero-order valence-corrected chi connectivity index (χ0v) is 18.2. The van der Waals surface area contributed by atoms with E-state index in [2.05, 4.69) is 5.32 Å². The summed E-state index contributed by atoms with van der Waals surface area (Å²) in [6.07, 6.45) is 7.33. The molecule has 0 aliphatic heterocycles. The lowest BCUT2D eigenvalue weighted by Gasteiger charge is -2.10. The molecule has 3 rings (SSSR count). The van der Waals surface area contributed by atoms with Crippen LogP contribution in [0.25, 0.3) is 6.08 Å². The number of hydrogen-bond acceptors (Lipinski definition) is 4. The van der Waals surface area contributed by atoms with Gasteiger partial charge in [0.1, 0.15) is 22.9 Å². The highest BCUT2D eigenvalue weighted by atomic mass is 35.5. The molecule has 0 saturated heterocycles. The Bertz CT molecular complexity index is 949. The molecule has 0 radical (unpaired) electrons. The number of carbonyl (C=O) groups is 2. The fourth-order valence-electron chi connectivity index (χ4n) is 3.62. The van der Waals surface area contributed by atoms with E-state index in [0.717, 1.165) is 19.3 Å². The number of ether oxygens (including phenoxy) is 2. The van der Waals surface area contributed by atoms with E-state index in [1.807, 2.05) is 0 Å². The average Bonchev–Trinajstić information content (AvgIpc) is 3.28. The summed E-state index contributed by atoms with van der Waals surface area (Å²) < 4.78 is 10.9. The van der Waals surface area contributed by atoms with Crippen LogP contribution in [0.5, 0.6) is 17.2 Å². The number of rotatable bonds is 9. The Labute approximate surface area is 186 Å². The first-order chi connectivity index (χ1) is 14.9. The van der Waals surface area contributed by atoms with Crippen LogP contribution in [0.1, 0.15) is 44.1 Å². The van der Waals surface area contributed by atoms with Crippen molar-refractivity contribution in [3.8, 4) is 17.2 Å². The second-order valence-corrected chi connectivity index (χ2v) is 7.98. The quantitative estimate of drug-likeness (QED) is 0.489. The summed E-state index contributed by atoms with van der Waals surface area (Å²) in [5, 5.41) is 12.4. The van der Waals surface area contributed by atoms with Gasteiger partial charge in [0.05, 0.1) is 12.1 Å². The molecule has 2 aromatic rings. The molecule has 0 spiro atoms. The standard InChI is InChI=1S/C24H26ClNO5/c1-30-19-11-12-22(20(25)15-19)31-18-9-6-17(7-10-18)14-21(24(28)29)26-23(27)13-8-16-4-2-3-5-16/h6-7,9-12,14-16H,2-5,8,13H2,1H3,(H,26,27)(H,28,29)/b21-14-. The second-order valence-electron chi connectivity index (χ2n) is 7.57. The van der Waals surface area contributed by atoms with Crippen LogP contribution >= 0.6 is 11.6 Å². The van der Waals surface area contributed by atoms with Crippen molar-refractivity contribution in [1.82, 2.24) is 5.32 Å². The molecule has 1 aliphatic rings. The minimum absolute atomic E-state index is 0.150. The Kier molecular flexibility index (Phi) is 7.95. The summed E-state index contributed by atoms with van der Waals surface area (Å²) in [5.74, 6) is 0.779. The number of aliphatic carboxylic acids is 1. The van der Waals surface area contributed by atoms with E-state index in [4.69, 9.17) is 21.1 Å². The summed E-state index contributed by atoms with van der Waals surface area (Å²) in [5.41, 5.74) is 0.477. The number of carboxylic acids is 1. The number of halogens is 1. The number of carboxylic acid groups (broad SMARTS) is 1. The topological polar surface area (TPSA) is 84.9 Å². The maximum atomic E-state index is 12.2. The van der Waals surface area contributed by atoms with Gasteiger partial charge in [0.15, 0.2) is 0 Å². The normalized spacial score (nSPS) is 14.3. The van der Waals surface area contributed by atoms with Crippen molar-refractivity contribution >= 4 is 29.6 Å². The highest BCUT2D eigenvalue weighted by Crippen LogP contribution is 2.32. The molecule has 1 aliphatic carbocycles. The molecule has 1 amide bonds. The maximum absolute atomic E-state index is 12.2. The van der Waals surface area contributed by atoms with E-state index >= 15 is 0 Å². The Hall–Kier alpha value is -2.99. The number of hydrogen-bond donors (Lipinski definition) is 2. The van der Waals surface area contributed by atoms with Gasteiger partial charge in [-0.05, 0) is 48.2 Å². The molecule has 2 aromatic carbocycles. The Morgan fingerprint density at radius 2 is 1.81 bits per heavy atom. The lowest BCUT2D eigenvalue weighted by Crippen LogP contribution is -2.27. The van der Waals surface area contributed by atoms with Gasteiger partial charge in [-0.1, -0.05) is 49.4 Å². The van der Waals surface area contributed by atoms with Crippen LogP contribution in [0.4, 0.5) is 0 Å². The number of carbonyl (C=O) groups excluding carboxylic acids is 1. The van der Waals surface area contributed by atoms with Crippen LogP contribution in [0.15, 0.2) is 48.2 Å². The summed E-state index contributed by atoms with van der Waals surface area (Å²) in [7, 11) is 1.56. The third kappa shape index (κ3) is 6.76. The van der Waals surface area contributed by atoms with Gasteiger partial charge in [-0.3, -0.25) is 4.79 Å². The largest absolute Gasteiger partial charge is 0.497 e. The third-order valence-corrected chi connectivity index (χ3v) is 5.61. The first-order valence-electron chi connectivity index (χ1n) is 10.3. The number of amides is 1. The van der Waals surface area contributed by atoms with Crippen molar-refractivity contribution in [2.75, 3.05) is 7.11 Å². The fourth-order valence-corrected chi connectivity index (χ4v) is 3.82. The SMILES string of the molecule is COc1ccc(Oc2ccc(/C=C(\NC(=O)CCC3CCCC3)C(=O)O)cc2)c(Cl)c1. The summed E-state index contributed by atoms with van der Waals surface area (Å²) >= 11 is 6.19. The molecule has 31 heavy (non-hydrogen) atoms. The smallest absolute Gasteiger partial charge is 0.352 e. The van der Waals surface area contributed by atoms with Gasteiger partial charge in [0, 0.05) is 12.5 Å². The van der Waals surface area contributed by atoms with E-state index in [9.17, 15) is 14.7 Å². The maximum Gasteiger partial charge on any atom is 0.352 e. The zero-order chi connectivity index (χ0) is 22.2. The van der Waals surface area contributed by atoms with E-state index in [0.29, 0.717) is 40.2 Å². The number of nitrogens with one attached hydrogen (secondary N) is 1. The monoisotopic (exact) mass is 443 g/mol.